The molecule has 0 aromatic carbocycles. The van der Waals surface area contributed by atoms with Crippen molar-refractivity contribution in [1.82, 2.24) is 10.2 Å². The Morgan fingerprint density at radius 2 is 1.72 bits per heavy atom. The molecule has 1 N–H and O–H groups in total. The van der Waals surface area contributed by atoms with Gasteiger partial charge in [0.1, 0.15) is 6.54 Å². The van der Waals surface area contributed by atoms with Gasteiger partial charge in [-0.25, -0.2) is 0 Å². The van der Waals surface area contributed by atoms with Gasteiger partial charge < -0.3 is 10.1 Å². The summed E-state index contributed by atoms with van der Waals surface area (Å²) in [5, 5.41) is 1.56. The first-order chi connectivity index (χ1) is 11.7. The van der Waals surface area contributed by atoms with Gasteiger partial charge in [-0.1, -0.05) is 12.2 Å². The third kappa shape index (κ3) is 5.04. The number of alkyl halides is 3. The van der Waals surface area contributed by atoms with E-state index in [-0.39, 0.29) is 24.8 Å². The summed E-state index contributed by atoms with van der Waals surface area (Å²) < 4.78 is 40.3. The largest absolute Gasteiger partial charge is 0.456 e. The van der Waals surface area contributed by atoms with Gasteiger partial charge in [-0.05, 0) is 12.8 Å². The molecule has 2 atom stereocenters. The molecule has 0 saturated carbocycles. The highest BCUT2D eigenvalue weighted by Crippen LogP contribution is 2.34. The number of likely N-dealkylation sites (tertiary alicyclic amines) is 1. The molecule has 0 aromatic rings. The maximum absolute atomic E-state index is 12.2. The number of carbonyl (C=O) groups is 4. The number of nitrogens with zero attached hydrogens (tertiary/aromatic N) is 1. The number of halogens is 3. The molecular formula is C15H17F3N2O5. The first-order valence-corrected chi connectivity index (χ1v) is 7.68. The van der Waals surface area contributed by atoms with E-state index in [2.05, 4.69) is 4.74 Å². The van der Waals surface area contributed by atoms with E-state index >= 15 is 0 Å². The molecule has 138 valence electrons. The molecule has 0 radical (unpaired) electrons. The average Bonchev–Trinajstić information content (AvgIpc) is 2.80. The molecule has 7 nitrogen and oxygen atoms in total. The summed E-state index contributed by atoms with van der Waals surface area (Å²) in [6.45, 7) is -2.55. The van der Waals surface area contributed by atoms with Crippen LogP contribution in [0.3, 0.4) is 0 Å². The number of allylic oxidation sites excluding steroid dienone is 2. The van der Waals surface area contributed by atoms with Gasteiger partial charge in [0, 0.05) is 6.54 Å². The average molecular weight is 362 g/mol. The molecule has 1 aliphatic carbocycles. The quantitative estimate of drug-likeness (QED) is 0.423. The van der Waals surface area contributed by atoms with Gasteiger partial charge in [0.2, 0.25) is 11.8 Å². The van der Waals surface area contributed by atoms with Crippen molar-refractivity contribution in [2.75, 3.05) is 19.7 Å². The molecule has 0 bridgehead atoms. The lowest BCUT2D eigenvalue weighted by atomic mass is 9.85. The normalized spacial score (nSPS) is 22.8. The van der Waals surface area contributed by atoms with Gasteiger partial charge in [-0.2, -0.15) is 13.2 Å². The van der Waals surface area contributed by atoms with E-state index in [1.807, 2.05) is 12.2 Å². The summed E-state index contributed by atoms with van der Waals surface area (Å²) in [6, 6.07) is 0. The zero-order valence-electron chi connectivity index (χ0n) is 13.2. The summed E-state index contributed by atoms with van der Waals surface area (Å²) in [4.78, 5) is 48.0. The van der Waals surface area contributed by atoms with E-state index in [1.54, 1.807) is 5.32 Å². The second kappa shape index (κ2) is 7.66. The molecule has 10 heteroatoms. The lowest BCUT2D eigenvalue weighted by molar-refractivity contribution is -0.152. The smallest absolute Gasteiger partial charge is 0.405 e. The minimum absolute atomic E-state index is 0.173. The Morgan fingerprint density at radius 3 is 2.24 bits per heavy atom. The van der Waals surface area contributed by atoms with Gasteiger partial charge in [-0.15, -0.1) is 0 Å². The van der Waals surface area contributed by atoms with Crippen LogP contribution in [0.4, 0.5) is 13.2 Å². The number of esters is 1. The molecule has 0 unspecified atom stereocenters. The predicted octanol–water partition coefficient (Wildman–Crippen LogP) is 0.549. The maximum Gasteiger partial charge on any atom is 0.405 e. The highest BCUT2D eigenvalue weighted by Gasteiger charge is 2.46. The first kappa shape index (κ1) is 18.9. The Kier molecular flexibility index (Phi) is 5.81. The Balaban J connectivity index is 1.72. The summed E-state index contributed by atoms with van der Waals surface area (Å²) in [5.41, 5.74) is 0. The standard InChI is InChI=1S/C15H17F3N2O5/c16-15(17,18)8-19-11(21)7-25-12(22)5-6-20-13(23)9-3-1-2-4-10(9)14(20)24/h1-2,9-10H,3-8H2,(H,19,21)/t9-,10-/m0/s1. The fourth-order valence-electron chi connectivity index (χ4n) is 2.76. The highest BCUT2D eigenvalue weighted by molar-refractivity contribution is 6.05. The van der Waals surface area contributed by atoms with E-state index in [0.717, 1.165) is 4.90 Å². The molecule has 1 aliphatic heterocycles. The number of hydrogen-bond acceptors (Lipinski definition) is 5. The van der Waals surface area contributed by atoms with Crippen LogP contribution in [0.1, 0.15) is 19.3 Å². The van der Waals surface area contributed by atoms with Crippen molar-refractivity contribution in [3.05, 3.63) is 12.2 Å². The molecule has 1 fully saturated rings. The third-order valence-corrected chi connectivity index (χ3v) is 3.99. The second-order valence-electron chi connectivity index (χ2n) is 5.79. The lowest BCUT2D eigenvalue weighted by Gasteiger charge is -2.14. The Hall–Kier alpha value is -2.39. The van der Waals surface area contributed by atoms with Crippen LogP contribution < -0.4 is 5.32 Å². The molecule has 0 spiro atoms. The van der Waals surface area contributed by atoms with Crippen molar-refractivity contribution in [3.63, 3.8) is 0 Å². The maximum atomic E-state index is 12.2. The summed E-state index contributed by atoms with van der Waals surface area (Å²) in [6.07, 6.45) is -0.239. The van der Waals surface area contributed by atoms with Gasteiger partial charge >= 0.3 is 12.1 Å². The van der Waals surface area contributed by atoms with Crippen LogP contribution in [-0.2, 0) is 23.9 Å². The van der Waals surface area contributed by atoms with Crippen LogP contribution in [0, 0.1) is 11.8 Å². The van der Waals surface area contributed by atoms with Crippen molar-refractivity contribution >= 4 is 23.7 Å². The molecule has 1 saturated heterocycles. The Bertz CT molecular complexity index is 576. The van der Waals surface area contributed by atoms with Crippen molar-refractivity contribution in [3.8, 4) is 0 Å². The molecule has 25 heavy (non-hydrogen) atoms. The van der Waals surface area contributed by atoms with E-state index < -0.39 is 43.0 Å². The first-order valence-electron chi connectivity index (χ1n) is 7.68. The zero-order valence-corrected chi connectivity index (χ0v) is 13.2. The minimum Gasteiger partial charge on any atom is -0.456 e. The van der Waals surface area contributed by atoms with Crippen LogP contribution >= 0.6 is 0 Å². The van der Waals surface area contributed by atoms with E-state index in [1.165, 1.54) is 0 Å². The molecule has 2 rings (SSSR count). The van der Waals surface area contributed by atoms with Crippen LogP contribution in [-0.4, -0.2) is 54.5 Å². The molecular weight excluding hydrogens is 345 g/mol. The molecule has 3 amide bonds. The van der Waals surface area contributed by atoms with Gasteiger partial charge in [0.25, 0.3) is 5.91 Å². The fraction of sp³-hybridized carbons (Fsp3) is 0.600. The molecule has 1 heterocycles. The minimum atomic E-state index is -4.55. The van der Waals surface area contributed by atoms with Gasteiger partial charge in [0.05, 0.1) is 18.3 Å². The highest BCUT2D eigenvalue weighted by atomic mass is 19.4. The molecule has 0 aromatic heterocycles. The molecule has 2 aliphatic rings. The third-order valence-electron chi connectivity index (χ3n) is 3.99. The van der Waals surface area contributed by atoms with Crippen LogP contribution in [0.25, 0.3) is 0 Å². The fourth-order valence-corrected chi connectivity index (χ4v) is 2.76. The van der Waals surface area contributed by atoms with E-state index in [0.29, 0.717) is 12.8 Å². The summed E-state index contributed by atoms with van der Waals surface area (Å²) in [7, 11) is 0. The number of fused-ring (bicyclic) bond motifs is 1. The number of carbonyl (C=O) groups excluding carboxylic acids is 4. The SMILES string of the molecule is O=C(COC(=O)CCN1C(=O)[C@H]2CC=CC[C@@H]2C1=O)NCC(F)(F)F. The van der Waals surface area contributed by atoms with Crippen molar-refractivity contribution in [1.29, 1.82) is 0 Å². The Labute approximate surface area is 141 Å². The van der Waals surface area contributed by atoms with E-state index in [4.69, 9.17) is 0 Å². The summed E-state index contributed by atoms with van der Waals surface area (Å²) >= 11 is 0. The van der Waals surface area contributed by atoms with Gasteiger partial charge in [-0.3, -0.25) is 24.1 Å². The number of amides is 3. The number of hydrogen-bond donors (Lipinski definition) is 1. The van der Waals surface area contributed by atoms with Crippen LogP contribution in [0.15, 0.2) is 12.2 Å². The number of ether oxygens (including phenoxy) is 1. The Morgan fingerprint density at radius 1 is 1.16 bits per heavy atom. The van der Waals surface area contributed by atoms with Crippen molar-refractivity contribution < 1.29 is 37.1 Å². The van der Waals surface area contributed by atoms with Gasteiger partial charge in [0.15, 0.2) is 6.61 Å². The number of imide groups is 1. The van der Waals surface area contributed by atoms with Crippen LogP contribution in [0.5, 0.6) is 0 Å². The number of rotatable bonds is 6. The lowest BCUT2D eigenvalue weighted by Crippen LogP contribution is -2.37. The summed E-state index contributed by atoms with van der Waals surface area (Å²) in [5.74, 6) is -3.44. The monoisotopic (exact) mass is 362 g/mol. The van der Waals surface area contributed by atoms with Crippen LogP contribution in [0.2, 0.25) is 0 Å². The zero-order chi connectivity index (χ0) is 18.6. The topological polar surface area (TPSA) is 92.8 Å². The predicted molar refractivity (Wildman–Crippen MR) is 76.7 cm³/mol. The van der Waals surface area contributed by atoms with Crippen molar-refractivity contribution in [2.24, 2.45) is 11.8 Å². The van der Waals surface area contributed by atoms with E-state index in [9.17, 15) is 32.3 Å². The second-order valence-corrected chi connectivity index (χ2v) is 5.79. The van der Waals surface area contributed by atoms with Crippen molar-refractivity contribution in [2.45, 2.75) is 25.4 Å². The number of nitrogens with one attached hydrogen (secondary N) is 1.